The van der Waals surface area contributed by atoms with Gasteiger partial charge in [0.2, 0.25) is 5.91 Å². The largest absolute Gasteiger partial charge is 0.497 e. The van der Waals surface area contributed by atoms with Gasteiger partial charge in [-0.3, -0.25) is 9.69 Å². The maximum atomic E-state index is 13.2. The first kappa shape index (κ1) is 24.1. The molecule has 1 aromatic heterocycles. The molecule has 1 aliphatic heterocycles. The summed E-state index contributed by atoms with van der Waals surface area (Å²) in [6, 6.07) is 22.7. The van der Waals surface area contributed by atoms with Crippen molar-refractivity contribution in [1.29, 1.82) is 0 Å². The van der Waals surface area contributed by atoms with Gasteiger partial charge in [0, 0.05) is 18.8 Å². The summed E-state index contributed by atoms with van der Waals surface area (Å²) in [5.74, 6) is 1.97. The van der Waals surface area contributed by atoms with Crippen LogP contribution >= 0.6 is 0 Å². The molecule has 0 radical (unpaired) electrons. The Morgan fingerprint density at radius 2 is 1.86 bits per heavy atom. The summed E-state index contributed by atoms with van der Waals surface area (Å²) >= 11 is 0. The minimum absolute atomic E-state index is 0.0296. The normalized spacial score (nSPS) is 16.2. The number of nitrogens with zero attached hydrogens (tertiary/aromatic N) is 3. The van der Waals surface area contributed by atoms with Crippen molar-refractivity contribution in [2.75, 3.05) is 25.5 Å². The highest BCUT2D eigenvalue weighted by Crippen LogP contribution is 2.25. The molecule has 2 heterocycles. The van der Waals surface area contributed by atoms with Crippen molar-refractivity contribution in [2.45, 2.75) is 39.8 Å². The molecule has 1 saturated heterocycles. The van der Waals surface area contributed by atoms with Gasteiger partial charge in [0.1, 0.15) is 11.6 Å². The molecule has 0 saturated carbocycles. The second-order valence-corrected chi connectivity index (χ2v) is 9.83. The number of amides is 1. The Labute approximate surface area is 212 Å². The first-order valence-electron chi connectivity index (χ1n) is 12.7. The fourth-order valence-corrected chi connectivity index (χ4v) is 5.05. The molecule has 6 heteroatoms. The Hall–Kier alpha value is -3.64. The van der Waals surface area contributed by atoms with Crippen LogP contribution in [-0.4, -0.2) is 40.6 Å². The van der Waals surface area contributed by atoms with E-state index in [-0.39, 0.29) is 11.8 Å². The summed E-state index contributed by atoms with van der Waals surface area (Å²) in [4.78, 5) is 20.5. The monoisotopic (exact) mass is 482 g/mol. The summed E-state index contributed by atoms with van der Waals surface area (Å²) in [7, 11) is 1.69. The molecule has 1 atom stereocenters. The Bertz CT molecular complexity index is 1360. The molecule has 6 nitrogen and oxygen atoms in total. The topological polar surface area (TPSA) is 59.4 Å². The van der Waals surface area contributed by atoms with Crippen LogP contribution in [0.15, 0.2) is 66.7 Å². The van der Waals surface area contributed by atoms with Crippen LogP contribution in [-0.2, 0) is 17.9 Å². The number of benzene rings is 3. The summed E-state index contributed by atoms with van der Waals surface area (Å²) in [6.45, 7) is 7.26. The number of hydrogen-bond acceptors (Lipinski definition) is 4. The molecular weight excluding hydrogens is 448 g/mol. The van der Waals surface area contributed by atoms with Crippen molar-refractivity contribution < 1.29 is 9.53 Å². The number of imidazole rings is 1. The zero-order valence-corrected chi connectivity index (χ0v) is 21.3. The van der Waals surface area contributed by atoms with Crippen LogP contribution in [0.5, 0.6) is 5.75 Å². The maximum absolute atomic E-state index is 13.2. The molecule has 4 aromatic rings. The average molecular weight is 483 g/mol. The summed E-state index contributed by atoms with van der Waals surface area (Å²) in [5.41, 5.74) is 6.49. The van der Waals surface area contributed by atoms with Crippen molar-refractivity contribution in [3.05, 3.63) is 89.2 Å². The molecule has 0 spiro atoms. The maximum Gasteiger partial charge on any atom is 0.228 e. The molecule has 36 heavy (non-hydrogen) atoms. The zero-order valence-electron chi connectivity index (χ0n) is 21.3. The summed E-state index contributed by atoms with van der Waals surface area (Å²) in [6.07, 6.45) is 1.92. The Kier molecular flexibility index (Phi) is 7.05. The van der Waals surface area contributed by atoms with Crippen molar-refractivity contribution >= 4 is 22.6 Å². The third-order valence-corrected chi connectivity index (χ3v) is 7.13. The highest BCUT2D eigenvalue weighted by atomic mass is 16.5. The number of aryl methyl sites for hydroxylation is 2. The Morgan fingerprint density at radius 1 is 1.06 bits per heavy atom. The number of piperidine rings is 1. The number of likely N-dealkylation sites (tertiary alicyclic amines) is 1. The molecule has 0 unspecified atom stereocenters. The van der Waals surface area contributed by atoms with E-state index in [9.17, 15) is 4.79 Å². The highest BCUT2D eigenvalue weighted by molar-refractivity contribution is 5.93. The minimum Gasteiger partial charge on any atom is -0.497 e. The Morgan fingerprint density at radius 3 is 2.67 bits per heavy atom. The van der Waals surface area contributed by atoms with Gasteiger partial charge in [-0.15, -0.1) is 0 Å². The van der Waals surface area contributed by atoms with E-state index in [4.69, 9.17) is 9.72 Å². The molecule has 3 aromatic carbocycles. The van der Waals surface area contributed by atoms with Gasteiger partial charge >= 0.3 is 0 Å². The van der Waals surface area contributed by atoms with Crippen LogP contribution < -0.4 is 10.1 Å². The van der Waals surface area contributed by atoms with E-state index in [1.165, 1.54) is 5.56 Å². The number of aromatic nitrogens is 2. The second kappa shape index (κ2) is 10.5. The minimum atomic E-state index is -0.0296. The molecule has 1 N–H and O–H groups in total. The highest BCUT2D eigenvalue weighted by Gasteiger charge is 2.27. The molecule has 1 aliphatic rings. The predicted octanol–water partition coefficient (Wildman–Crippen LogP) is 5.56. The number of ether oxygens (including phenoxy) is 1. The standard InChI is InChI=1S/C30H34N4O2/c1-21-10-11-22(2)27(17-21)32-30(35)24-7-6-16-33(19-24)20-29-31-26-8-4-5-9-28(26)34(29)18-23-12-14-25(36-3)15-13-23/h4-5,8-15,17,24H,6-7,16,18-20H2,1-3H3,(H,32,35)/t24-/m0/s1. The van der Waals surface area contributed by atoms with Gasteiger partial charge in [0.05, 0.1) is 30.6 Å². The average Bonchev–Trinajstić information content (AvgIpc) is 3.23. The zero-order chi connectivity index (χ0) is 25.1. The first-order valence-corrected chi connectivity index (χ1v) is 12.7. The van der Waals surface area contributed by atoms with Crippen LogP contribution in [0.2, 0.25) is 0 Å². The number of methoxy groups -OCH3 is 1. The van der Waals surface area contributed by atoms with Gasteiger partial charge in [-0.25, -0.2) is 4.98 Å². The van der Waals surface area contributed by atoms with E-state index in [0.29, 0.717) is 0 Å². The van der Waals surface area contributed by atoms with E-state index >= 15 is 0 Å². The molecular formula is C30H34N4O2. The molecule has 0 aliphatic carbocycles. The fourth-order valence-electron chi connectivity index (χ4n) is 5.05. The lowest BCUT2D eigenvalue weighted by Gasteiger charge is -2.32. The van der Waals surface area contributed by atoms with Crippen molar-refractivity contribution in [2.24, 2.45) is 5.92 Å². The van der Waals surface area contributed by atoms with Crippen LogP contribution in [0.1, 0.15) is 35.4 Å². The number of rotatable bonds is 7. The van der Waals surface area contributed by atoms with Gasteiger partial charge in [-0.1, -0.05) is 36.4 Å². The number of nitrogens with one attached hydrogen (secondary N) is 1. The number of hydrogen-bond donors (Lipinski definition) is 1. The van der Waals surface area contributed by atoms with Crippen molar-refractivity contribution in [1.82, 2.24) is 14.5 Å². The van der Waals surface area contributed by atoms with Gasteiger partial charge < -0.3 is 14.6 Å². The van der Waals surface area contributed by atoms with Crippen molar-refractivity contribution in [3.8, 4) is 5.75 Å². The molecule has 1 amide bonds. The van der Waals surface area contributed by atoms with E-state index in [1.807, 2.05) is 25.1 Å². The molecule has 1 fully saturated rings. The van der Waals surface area contributed by atoms with E-state index < -0.39 is 0 Å². The Balaban J connectivity index is 1.33. The van der Waals surface area contributed by atoms with Crippen LogP contribution in [0.25, 0.3) is 11.0 Å². The van der Waals surface area contributed by atoms with Crippen LogP contribution in [0.3, 0.4) is 0 Å². The fraction of sp³-hybridized carbons (Fsp3) is 0.333. The lowest BCUT2D eigenvalue weighted by molar-refractivity contribution is -0.121. The van der Waals surface area contributed by atoms with Crippen LogP contribution in [0.4, 0.5) is 5.69 Å². The number of carbonyl (C=O) groups is 1. The number of fused-ring (bicyclic) bond motifs is 1. The van der Waals surface area contributed by atoms with Crippen molar-refractivity contribution in [3.63, 3.8) is 0 Å². The summed E-state index contributed by atoms with van der Waals surface area (Å²) < 4.78 is 7.62. The SMILES string of the molecule is COc1ccc(Cn2c(CN3CCC[C@H](C(=O)Nc4cc(C)ccc4C)C3)nc3ccccc32)cc1. The van der Waals surface area contributed by atoms with Gasteiger partial charge in [0.15, 0.2) is 0 Å². The number of carbonyl (C=O) groups excluding carboxylic acids is 1. The van der Waals surface area contributed by atoms with Gasteiger partial charge in [-0.2, -0.15) is 0 Å². The second-order valence-electron chi connectivity index (χ2n) is 9.83. The molecule has 5 rings (SSSR count). The van der Waals surface area contributed by atoms with E-state index in [0.717, 1.165) is 78.4 Å². The lowest BCUT2D eigenvalue weighted by atomic mass is 9.96. The van der Waals surface area contributed by atoms with Gasteiger partial charge in [0.25, 0.3) is 0 Å². The smallest absolute Gasteiger partial charge is 0.228 e. The van der Waals surface area contributed by atoms with E-state index in [1.54, 1.807) is 7.11 Å². The molecule has 186 valence electrons. The van der Waals surface area contributed by atoms with Gasteiger partial charge in [-0.05, 0) is 80.3 Å². The predicted molar refractivity (Wildman–Crippen MR) is 144 cm³/mol. The number of para-hydroxylation sites is 2. The third kappa shape index (κ3) is 5.29. The number of anilines is 1. The van der Waals surface area contributed by atoms with E-state index in [2.05, 4.69) is 70.2 Å². The first-order chi connectivity index (χ1) is 17.5. The third-order valence-electron chi connectivity index (χ3n) is 7.13. The quantitative estimate of drug-likeness (QED) is 0.375. The summed E-state index contributed by atoms with van der Waals surface area (Å²) in [5, 5.41) is 3.18. The lowest BCUT2D eigenvalue weighted by Crippen LogP contribution is -2.40. The molecule has 0 bridgehead atoms. The van der Waals surface area contributed by atoms with Crippen LogP contribution in [0, 0.1) is 19.8 Å².